The summed E-state index contributed by atoms with van der Waals surface area (Å²) in [5, 5.41) is 2.73. The van der Waals surface area contributed by atoms with Gasteiger partial charge in [0.2, 0.25) is 5.78 Å². The van der Waals surface area contributed by atoms with Crippen LogP contribution >= 0.6 is 0 Å². The van der Waals surface area contributed by atoms with Crippen molar-refractivity contribution >= 4 is 23.3 Å². The van der Waals surface area contributed by atoms with E-state index in [1.165, 1.54) is 0 Å². The number of aromatic nitrogens is 2. The summed E-state index contributed by atoms with van der Waals surface area (Å²) in [4.78, 5) is 39.9. The zero-order chi connectivity index (χ0) is 20.1. The van der Waals surface area contributed by atoms with Gasteiger partial charge in [-0.2, -0.15) is 0 Å². The van der Waals surface area contributed by atoms with Crippen molar-refractivity contribution in [2.24, 2.45) is 12.8 Å². The van der Waals surface area contributed by atoms with Crippen LogP contribution in [0.5, 0.6) is 5.75 Å². The minimum absolute atomic E-state index is 0.212. The first-order valence-corrected chi connectivity index (χ1v) is 8.39. The molecule has 2 aromatic carbocycles. The van der Waals surface area contributed by atoms with Gasteiger partial charge in [0.1, 0.15) is 5.75 Å². The molecule has 3 N–H and O–H groups in total. The van der Waals surface area contributed by atoms with Gasteiger partial charge in [0.05, 0.1) is 5.56 Å². The van der Waals surface area contributed by atoms with E-state index in [1.54, 1.807) is 72.5 Å². The van der Waals surface area contributed by atoms with Crippen LogP contribution in [0.2, 0.25) is 0 Å². The van der Waals surface area contributed by atoms with Gasteiger partial charge in [-0.25, -0.2) is 4.98 Å². The molecule has 0 bridgehead atoms. The van der Waals surface area contributed by atoms with Crippen molar-refractivity contribution in [2.75, 3.05) is 11.9 Å². The molecule has 8 heteroatoms. The van der Waals surface area contributed by atoms with Crippen molar-refractivity contribution in [3.8, 4) is 5.75 Å². The molecule has 0 spiro atoms. The van der Waals surface area contributed by atoms with E-state index in [4.69, 9.17) is 10.5 Å². The number of nitrogens with one attached hydrogen (secondary N) is 1. The summed E-state index contributed by atoms with van der Waals surface area (Å²) in [7, 11) is 1.74. The zero-order valence-electron chi connectivity index (χ0n) is 15.1. The van der Waals surface area contributed by atoms with E-state index in [-0.39, 0.29) is 23.7 Å². The van der Waals surface area contributed by atoms with Crippen molar-refractivity contribution in [3.63, 3.8) is 0 Å². The number of ether oxygens (including phenoxy) is 1. The molecular weight excluding hydrogens is 360 g/mol. The topological polar surface area (TPSA) is 116 Å². The summed E-state index contributed by atoms with van der Waals surface area (Å²) >= 11 is 0. The van der Waals surface area contributed by atoms with Gasteiger partial charge >= 0.3 is 0 Å². The first kappa shape index (κ1) is 18.8. The lowest BCUT2D eigenvalue weighted by atomic mass is 10.1. The highest BCUT2D eigenvalue weighted by Gasteiger charge is 2.15. The Labute approximate surface area is 160 Å². The Morgan fingerprint density at radius 1 is 1.11 bits per heavy atom. The predicted octanol–water partition coefficient (Wildman–Crippen LogP) is 1.77. The van der Waals surface area contributed by atoms with Crippen molar-refractivity contribution in [3.05, 3.63) is 77.9 Å². The molecule has 2 amide bonds. The van der Waals surface area contributed by atoms with Gasteiger partial charge < -0.3 is 20.4 Å². The van der Waals surface area contributed by atoms with Crippen LogP contribution in [0.3, 0.4) is 0 Å². The van der Waals surface area contributed by atoms with Crippen LogP contribution in [0, 0.1) is 0 Å². The van der Waals surface area contributed by atoms with E-state index in [9.17, 15) is 14.4 Å². The van der Waals surface area contributed by atoms with Crippen LogP contribution in [0.15, 0.2) is 60.9 Å². The molecule has 0 aliphatic heterocycles. The number of nitrogens with two attached hydrogens (primary N) is 1. The molecule has 1 aromatic heterocycles. The number of amides is 2. The SMILES string of the molecule is Cn1ccnc1C(=O)c1ccc(NC(=O)c2ccccc2OCC(N)=O)cc1. The maximum Gasteiger partial charge on any atom is 0.259 e. The number of ketones is 1. The average Bonchev–Trinajstić information content (AvgIpc) is 3.12. The number of primary amides is 1. The molecule has 1 heterocycles. The lowest BCUT2D eigenvalue weighted by Crippen LogP contribution is -2.21. The molecule has 0 atom stereocenters. The Balaban J connectivity index is 1.72. The number of aryl methyl sites for hydroxylation is 1. The Morgan fingerprint density at radius 3 is 2.46 bits per heavy atom. The van der Waals surface area contributed by atoms with Crippen molar-refractivity contribution in [1.29, 1.82) is 0 Å². The highest BCUT2D eigenvalue weighted by atomic mass is 16.5. The summed E-state index contributed by atoms with van der Waals surface area (Å²) in [5.74, 6) is -0.681. The summed E-state index contributed by atoms with van der Waals surface area (Å²) in [6.45, 7) is -0.325. The number of hydrogen-bond acceptors (Lipinski definition) is 5. The Kier molecular flexibility index (Phi) is 5.50. The molecule has 0 unspecified atom stereocenters. The number of hydrogen-bond donors (Lipinski definition) is 2. The van der Waals surface area contributed by atoms with E-state index < -0.39 is 11.8 Å². The third-order valence-electron chi connectivity index (χ3n) is 3.93. The molecule has 3 aromatic rings. The number of benzene rings is 2. The third kappa shape index (κ3) is 4.24. The number of carbonyl (C=O) groups excluding carboxylic acids is 3. The zero-order valence-corrected chi connectivity index (χ0v) is 15.1. The third-order valence-corrected chi connectivity index (χ3v) is 3.93. The fraction of sp³-hybridized carbons (Fsp3) is 0.100. The van der Waals surface area contributed by atoms with Crippen LogP contribution in [0.4, 0.5) is 5.69 Å². The summed E-state index contributed by atoms with van der Waals surface area (Å²) in [6, 6.07) is 13.0. The largest absolute Gasteiger partial charge is 0.483 e. The molecular formula is C20H18N4O4. The van der Waals surface area contributed by atoms with Crippen LogP contribution in [0.1, 0.15) is 26.5 Å². The standard InChI is InChI=1S/C20H18N4O4/c1-24-11-10-22-19(24)18(26)13-6-8-14(9-7-13)23-20(27)15-4-2-3-5-16(15)28-12-17(21)25/h2-11H,12H2,1H3,(H2,21,25)(H,23,27). The molecule has 0 aliphatic carbocycles. The normalized spacial score (nSPS) is 10.3. The van der Waals surface area contributed by atoms with E-state index in [2.05, 4.69) is 10.3 Å². The monoisotopic (exact) mass is 378 g/mol. The molecule has 8 nitrogen and oxygen atoms in total. The van der Waals surface area contributed by atoms with Gasteiger partial charge in [0.15, 0.2) is 12.4 Å². The van der Waals surface area contributed by atoms with Crippen molar-refractivity contribution in [2.45, 2.75) is 0 Å². The minimum Gasteiger partial charge on any atom is -0.483 e. The van der Waals surface area contributed by atoms with Crippen molar-refractivity contribution < 1.29 is 19.1 Å². The molecule has 3 rings (SSSR count). The Bertz CT molecular complexity index is 1020. The highest BCUT2D eigenvalue weighted by molar-refractivity contribution is 6.08. The minimum atomic E-state index is -0.636. The van der Waals surface area contributed by atoms with Gasteiger partial charge in [0.25, 0.3) is 11.8 Å². The number of para-hydroxylation sites is 1. The molecule has 28 heavy (non-hydrogen) atoms. The summed E-state index contributed by atoms with van der Waals surface area (Å²) in [5.41, 5.74) is 6.30. The lowest BCUT2D eigenvalue weighted by Gasteiger charge is -2.11. The first-order valence-electron chi connectivity index (χ1n) is 8.39. The molecule has 0 fully saturated rings. The molecule has 142 valence electrons. The second-order valence-corrected chi connectivity index (χ2v) is 5.97. The van der Waals surface area contributed by atoms with E-state index in [0.29, 0.717) is 17.1 Å². The summed E-state index contributed by atoms with van der Waals surface area (Å²) in [6.07, 6.45) is 3.25. The van der Waals surface area contributed by atoms with Crippen LogP contribution in [0.25, 0.3) is 0 Å². The van der Waals surface area contributed by atoms with Gasteiger partial charge in [-0.05, 0) is 36.4 Å². The van der Waals surface area contributed by atoms with Crippen LogP contribution in [-0.2, 0) is 11.8 Å². The second kappa shape index (κ2) is 8.17. The Hall–Kier alpha value is -3.94. The molecule has 0 saturated heterocycles. The first-order chi connectivity index (χ1) is 13.5. The molecule has 0 saturated carbocycles. The fourth-order valence-corrected chi connectivity index (χ4v) is 2.55. The number of rotatable bonds is 7. The van der Waals surface area contributed by atoms with E-state index in [1.807, 2.05) is 0 Å². The average molecular weight is 378 g/mol. The number of carbonyl (C=O) groups is 3. The van der Waals surface area contributed by atoms with Crippen LogP contribution < -0.4 is 15.8 Å². The fourth-order valence-electron chi connectivity index (χ4n) is 2.55. The van der Waals surface area contributed by atoms with E-state index >= 15 is 0 Å². The summed E-state index contributed by atoms with van der Waals surface area (Å²) < 4.78 is 6.91. The second-order valence-electron chi connectivity index (χ2n) is 5.97. The molecule has 0 aliphatic rings. The van der Waals surface area contributed by atoms with Gasteiger partial charge in [-0.15, -0.1) is 0 Å². The van der Waals surface area contributed by atoms with Gasteiger partial charge in [0, 0.05) is 30.7 Å². The highest BCUT2D eigenvalue weighted by Crippen LogP contribution is 2.20. The maximum absolute atomic E-state index is 12.5. The number of imidazole rings is 1. The van der Waals surface area contributed by atoms with Crippen molar-refractivity contribution in [1.82, 2.24) is 9.55 Å². The maximum atomic E-state index is 12.5. The quantitative estimate of drug-likeness (QED) is 0.608. The number of nitrogens with zero attached hydrogens (tertiary/aromatic N) is 2. The predicted molar refractivity (Wildman–Crippen MR) is 102 cm³/mol. The van der Waals surface area contributed by atoms with E-state index in [0.717, 1.165) is 0 Å². The molecule has 0 radical (unpaired) electrons. The van der Waals surface area contributed by atoms with Gasteiger partial charge in [-0.3, -0.25) is 14.4 Å². The lowest BCUT2D eigenvalue weighted by molar-refractivity contribution is -0.119. The van der Waals surface area contributed by atoms with Crippen LogP contribution in [-0.4, -0.2) is 33.8 Å². The smallest absolute Gasteiger partial charge is 0.259 e. The van der Waals surface area contributed by atoms with Gasteiger partial charge in [-0.1, -0.05) is 12.1 Å². The Morgan fingerprint density at radius 2 is 1.82 bits per heavy atom. The number of anilines is 1.